The molecule has 0 radical (unpaired) electrons. The number of benzene rings is 1. The maximum atomic E-state index is 13.5. The molecule has 1 aromatic carbocycles. The van der Waals surface area contributed by atoms with E-state index in [0.717, 1.165) is 11.8 Å². The molecule has 0 bridgehead atoms. The summed E-state index contributed by atoms with van der Waals surface area (Å²) in [5.41, 5.74) is 0.197. The number of rotatable bonds is 4. The van der Waals surface area contributed by atoms with Gasteiger partial charge in [0.05, 0.1) is 11.3 Å². The van der Waals surface area contributed by atoms with E-state index in [-0.39, 0.29) is 17.2 Å². The van der Waals surface area contributed by atoms with Crippen molar-refractivity contribution in [1.29, 1.82) is 0 Å². The van der Waals surface area contributed by atoms with E-state index in [1.54, 1.807) is 11.8 Å². The van der Waals surface area contributed by atoms with Gasteiger partial charge in [0.25, 0.3) is 5.89 Å². The molecule has 1 heterocycles. The quantitative estimate of drug-likeness (QED) is 0.909. The van der Waals surface area contributed by atoms with Gasteiger partial charge in [0.1, 0.15) is 11.6 Å². The van der Waals surface area contributed by atoms with E-state index in [2.05, 4.69) is 10.1 Å². The molecule has 17 heavy (non-hydrogen) atoms. The molecule has 0 saturated carbocycles. The number of aromatic nitrogens is 2. The fraction of sp³-hybridized carbons (Fsp3) is 0.273. The van der Waals surface area contributed by atoms with Crippen molar-refractivity contribution in [3.63, 3.8) is 0 Å². The van der Waals surface area contributed by atoms with E-state index in [1.807, 2.05) is 6.92 Å². The van der Waals surface area contributed by atoms with Gasteiger partial charge in [-0.25, -0.2) is 4.39 Å². The lowest BCUT2D eigenvalue weighted by Gasteiger charge is -1.97. The molecule has 2 rings (SSSR count). The first-order valence-electron chi connectivity index (χ1n) is 5.10. The van der Waals surface area contributed by atoms with E-state index < -0.39 is 5.82 Å². The van der Waals surface area contributed by atoms with Gasteiger partial charge >= 0.3 is 0 Å². The highest BCUT2D eigenvalue weighted by Gasteiger charge is 2.13. The zero-order valence-electron chi connectivity index (χ0n) is 9.18. The Balaban J connectivity index is 2.24. The number of nitrogens with zero attached hydrogens (tertiary/aromatic N) is 2. The fourth-order valence-electron chi connectivity index (χ4n) is 1.29. The normalized spacial score (nSPS) is 10.7. The summed E-state index contributed by atoms with van der Waals surface area (Å²) < 4.78 is 18.5. The van der Waals surface area contributed by atoms with Gasteiger partial charge in [-0.05, 0) is 17.9 Å². The number of thioether (sulfide) groups is 1. The highest BCUT2D eigenvalue weighted by molar-refractivity contribution is 7.98. The molecule has 90 valence electrons. The van der Waals surface area contributed by atoms with Crippen molar-refractivity contribution in [2.45, 2.75) is 12.7 Å². The van der Waals surface area contributed by atoms with Crippen LogP contribution < -0.4 is 0 Å². The van der Waals surface area contributed by atoms with Crippen molar-refractivity contribution >= 4 is 11.8 Å². The summed E-state index contributed by atoms with van der Waals surface area (Å²) in [6.07, 6.45) is 0. The molecule has 1 aromatic heterocycles. The SMILES string of the molecule is CCSCc1noc(-c2ccc(O)cc2F)n1. The van der Waals surface area contributed by atoms with Crippen LogP contribution in [0.15, 0.2) is 22.7 Å². The van der Waals surface area contributed by atoms with Crippen LogP contribution in [0.5, 0.6) is 5.75 Å². The van der Waals surface area contributed by atoms with Gasteiger partial charge < -0.3 is 9.63 Å². The van der Waals surface area contributed by atoms with Gasteiger partial charge in [-0.15, -0.1) is 0 Å². The smallest absolute Gasteiger partial charge is 0.260 e. The van der Waals surface area contributed by atoms with Crippen LogP contribution in [0.3, 0.4) is 0 Å². The van der Waals surface area contributed by atoms with Gasteiger partial charge in [0.2, 0.25) is 0 Å². The number of phenols is 1. The Morgan fingerprint density at radius 1 is 1.47 bits per heavy atom. The molecule has 0 saturated heterocycles. The van der Waals surface area contributed by atoms with Crippen molar-refractivity contribution in [3.05, 3.63) is 29.8 Å². The van der Waals surface area contributed by atoms with Crippen LogP contribution in [-0.2, 0) is 5.75 Å². The Labute approximate surface area is 102 Å². The molecular formula is C11H11FN2O2S. The Morgan fingerprint density at radius 2 is 2.29 bits per heavy atom. The van der Waals surface area contributed by atoms with Crippen molar-refractivity contribution in [1.82, 2.24) is 10.1 Å². The average molecular weight is 254 g/mol. The second-order valence-corrected chi connectivity index (χ2v) is 4.59. The first-order chi connectivity index (χ1) is 8.20. The summed E-state index contributed by atoms with van der Waals surface area (Å²) in [6.45, 7) is 2.03. The van der Waals surface area contributed by atoms with E-state index in [1.165, 1.54) is 12.1 Å². The van der Waals surface area contributed by atoms with E-state index >= 15 is 0 Å². The molecule has 0 unspecified atom stereocenters. The van der Waals surface area contributed by atoms with E-state index in [9.17, 15) is 4.39 Å². The van der Waals surface area contributed by atoms with Gasteiger partial charge in [-0.3, -0.25) is 0 Å². The van der Waals surface area contributed by atoms with Gasteiger partial charge in [0.15, 0.2) is 5.82 Å². The fourth-order valence-corrected chi connectivity index (χ4v) is 1.80. The number of phenolic OH excluding ortho intramolecular Hbond substituents is 1. The monoisotopic (exact) mass is 254 g/mol. The summed E-state index contributed by atoms with van der Waals surface area (Å²) in [5.74, 6) is 1.56. The van der Waals surface area contributed by atoms with Crippen molar-refractivity contribution in [3.8, 4) is 17.2 Å². The lowest BCUT2D eigenvalue weighted by atomic mass is 10.2. The predicted molar refractivity (Wildman–Crippen MR) is 63.2 cm³/mol. The second kappa shape index (κ2) is 5.18. The lowest BCUT2D eigenvalue weighted by molar-refractivity contribution is 0.422. The maximum Gasteiger partial charge on any atom is 0.260 e. The molecule has 2 aromatic rings. The standard InChI is InChI=1S/C11H11FN2O2S/c1-2-17-6-10-13-11(16-14-10)8-4-3-7(15)5-9(8)12/h3-5,15H,2,6H2,1H3. The van der Waals surface area contributed by atoms with Gasteiger partial charge in [-0.1, -0.05) is 12.1 Å². The molecule has 0 fully saturated rings. The summed E-state index contributed by atoms with van der Waals surface area (Å²) >= 11 is 1.66. The third kappa shape index (κ3) is 2.76. The highest BCUT2D eigenvalue weighted by Crippen LogP contribution is 2.24. The first-order valence-corrected chi connectivity index (χ1v) is 6.25. The molecular weight excluding hydrogens is 243 g/mol. The third-order valence-corrected chi connectivity index (χ3v) is 2.96. The molecule has 4 nitrogen and oxygen atoms in total. The van der Waals surface area contributed by atoms with Crippen molar-refractivity contribution < 1.29 is 14.0 Å². The third-order valence-electron chi connectivity index (χ3n) is 2.09. The summed E-state index contributed by atoms with van der Waals surface area (Å²) in [7, 11) is 0. The highest BCUT2D eigenvalue weighted by atomic mass is 32.2. The average Bonchev–Trinajstić information content (AvgIpc) is 2.75. The molecule has 0 aliphatic heterocycles. The molecule has 6 heteroatoms. The minimum Gasteiger partial charge on any atom is -0.508 e. The molecule has 0 atom stereocenters. The van der Waals surface area contributed by atoms with Crippen LogP contribution >= 0.6 is 11.8 Å². The largest absolute Gasteiger partial charge is 0.508 e. The van der Waals surface area contributed by atoms with Crippen LogP contribution in [0.4, 0.5) is 4.39 Å². The first kappa shape index (κ1) is 11.9. The molecule has 0 amide bonds. The molecule has 0 aliphatic carbocycles. The van der Waals surface area contributed by atoms with E-state index in [4.69, 9.17) is 9.63 Å². The number of hydrogen-bond donors (Lipinski definition) is 1. The number of halogens is 1. The van der Waals surface area contributed by atoms with E-state index in [0.29, 0.717) is 11.6 Å². The minimum atomic E-state index is -0.580. The number of aromatic hydroxyl groups is 1. The molecule has 1 N–H and O–H groups in total. The Hall–Kier alpha value is -1.56. The van der Waals surface area contributed by atoms with Crippen molar-refractivity contribution in [2.75, 3.05) is 5.75 Å². The summed E-state index contributed by atoms with van der Waals surface area (Å²) in [6, 6.07) is 3.80. The summed E-state index contributed by atoms with van der Waals surface area (Å²) in [5, 5.41) is 12.9. The van der Waals surface area contributed by atoms with Crippen LogP contribution in [0.25, 0.3) is 11.5 Å². The van der Waals surface area contributed by atoms with Crippen LogP contribution in [0.2, 0.25) is 0 Å². The number of hydrogen-bond acceptors (Lipinski definition) is 5. The van der Waals surface area contributed by atoms with Crippen LogP contribution in [0, 0.1) is 5.82 Å². The molecule has 0 spiro atoms. The topological polar surface area (TPSA) is 59.2 Å². The Kier molecular flexibility index (Phi) is 3.63. The van der Waals surface area contributed by atoms with Crippen LogP contribution in [-0.4, -0.2) is 21.0 Å². The van der Waals surface area contributed by atoms with Crippen LogP contribution in [0.1, 0.15) is 12.7 Å². The minimum absolute atomic E-state index is 0.132. The zero-order valence-corrected chi connectivity index (χ0v) is 10.00. The van der Waals surface area contributed by atoms with Crippen molar-refractivity contribution in [2.24, 2.45) is 0 Å². The summed E-state index contributed by atoms with van der Waals surface area (Å²) in [4.78, 5) is 4.09. The lowest BCUT2D eigenvalue weighted by Crippen LogP contribution is -1.86. The predicted octanol–water partition coefficient (Wildman–Crippen LogP) is 2.83. The van der Waals surface area contributed by atoms with Gasteiger partial charge in [-0.2, -0.15) is 16.7 Å². The second-order valence-electron chi connectivity index (χ2n) is 3.32. The molecule has 0 aliphatic rings. The maximum absolute atomic E-state index is 13.5. The van der Waals surface area contributed by atoms with Gasteiger partial charge in [0, 0.05) is 6.07 Å². The zero-order chi connectivity index (χ0) is 12.3. The Morgan fingerprint density at radius 3 is 3.00 bits per heavy atom. The Bertz CT molecular complexity index is 516.